The van der Waals surface area contributed by atoms with E-state index in [2.05, 4.69) is 63.6 Å². The second kappa shape index (κ2) is 11.5. The molecule has 3 aromatic rings. The average molecular weight is 538 g/mol. The topological polar surface area (TPSA) is 125 Å². The lowest BCUT2D eigenvalue weighted by atomic mass is 10.2. The van der Waals surface area contributed by atoms with Crippen LogP contribution in [-0.4, -0.2) is 64.2 Å². The van der Waals surface area contributed by atoms with Crippen molar-refractivity contribution in [2.75, 3.05) is 48.9 Å². The molecular weight excluding hydrogens is 514 g/mol. The number of nitrogens with zero attached hydrogens (tertiary/aromatic N) is 7. The zero-order chi connectivity index (χ0) is 24.6. The van der Waals surface area contributed by atoms with Crippen LogP contribution in [0, 0.1) is 10.1 Å². The van der Waals surface area contributed by atoms with Gasteiger partial charge < -0.3 is 15.1 Å². The number of aromatic nitrogens is 3. The number of rotatable bonds is 8. The van der Waals surface area contributed by atoms with Crippen LogP contribution >= 0.6 is 15.9 Å². The number of non-ortho nitro benzene ring substituents is 1. The number of nitrogens with one attached hydrogen (secondary N) is 2. The molecule has 11 nitrogen and oxygen atoms in total. The standard InChI is InChI=1S/C23H24BrN9O2/c1-31-11-13-32(14-12-31)23-28-21(26-19-7-9-20(10-8-19)33(34)35)27-22(29-23)30-25-16-18(24)15-17-5-3-2-4-6-17/h2-10,15-16H,11-14H2,1H3,(H2,26,27,28,29,30). The molecule has 12 heteroatoms. The molecule has 0 atom stereocenters. The van der Waals surface area contributed by atoms with E-state index in [0.717, 1.165) is 36.2 Å². The van der Waals surface area contributed by atoms with E-state index in [1.165, 1.54) is 12.1 Å². The number of nitro benzene ring substituents is 1. The van der Waals surface area contributed by atoms with E-state index < -0.39 is 4.92 Å². The summed E-state index contributed by atoms with van der Waals surface area (Å²) in [5.41, 5.74) is 4.54. The van der Waals surface area contributed by atoms with Gasteiger partial charge in [-0.15, -0.1) is 0 Å². The molecule has 1 fully saturated rings. The van der Waals surface area contributed by atoms with Crippen LogP contribution in [0.2, 0.25) is 0 Å². The Hall–Kier alpha value is -3.90. The number of piperazine rings is 1. The lowest BCUT2D eigenvalue weighted by Gasteiger charge is -2.32. The molecule has 1 saturated heterocycles. The highest BCUT2D eigenvalue weighted by molar-refractivity contribution is 9.12. The molecule has 0 saturated carbocycles. The second-order valence-corrected chi connectivity index (χ2v) is 8.73. The summed E-state index contributed by atoms with van der Waals surface area (Å²) in [5.74, 6) is 1.10. The summed E-state index contributed by atoms with van der Waals surface area (Å²) in [4.78, 5) is 28.3. The van der Waals surface area contributed by atoms with Crippen molar-refractivity contribution in [3.05, 3.63) is 74.8 Å². The lowest BCUT2D eigenvalue weighted by Crippen LogP contribution is -2.45. The number of nitro groups is 1. The van der Waals surface area contributed by atoms with E-state index in [1.807, 2.05) is 36.4 Å². The van der Waals surface area contributed by atoms with Crippen LogP contribution in [0.15, 0.2) is 64.2 Å². The fourth-order valence-electron chi connectivity index (χ4n) is 3.31. The highest BCUT2D eigenvalue weighted by atomic mass is 79.9. The van der Waals surface area contributed by atoms with Gasteiger partial charge in [0.25, 0.3) is 5.69 Å². The predicted octanol–water partition coefficient (Wildman–Crippen LogP) is 4.11. The van der Waals surface area contributed by atoms with Crippen LogP contribution in [0.3, 0.4) is 0 Å². The molecule has 2 N–H and O–H groups in total. The molecule has 0 aliphatic carbocycles. The van der Waals surface area contributed by atoms with E-state index in [-0.39, 0.29) is 11.6 Å². The summed E-state index contributed by atoms with van der Waals surface area (Å²) >= 11 is 3.49. The molecule has 0 unspecified atom stereocenters. The van der Waals surface area contributed by atoms with Crippen LogP contribution in [-0.2, 0) is 0 Å². The van der Waals surface area contributed by atoms with Gasteiger partial charge in [0.05, 0.1) is 11.1 Å². The number of hydrogen-bond acceptors (Lipinski definition) is 10. The summed E-state index contributed by atoms with van der Waals surface area (Å²) in [6, 6.07) is 15.9. The summed E-state index contributed by atoms with van der Waals surface area (Å²) in [6.45, 7) is 3.36. The van der Waals surface area contributed by atoms with Crippen molar-refractivity contribution in [3.8, 4) is 0 Å². The maximum atomic E-state index is 10.9. The van der Waals surface area contributed by atoms with E-state index in [1.54, 1.807) is 18.3 Å². The molecule has 2 heterocycles. The quantitative estimate of drug-likeness (QED) is 0.248. The molecule has 0 amide bonds. The molecule has 0 bridgehead atoms. The Labute approximate surface area is 210 Å². The smallest absolute Gasteiger partial charge is 0.269 e. The van der Waals surface area contributed by atoms with Crippen molar-refractivity contribution in [2.24, 2.45) is 5.10 Å². The van der Waals surface area contributed by atoms with Crippen molar-refractivity contribution in [3.63, 3.8) is 0 Å². The number of benzene rings is 2. The summed E-state index contributed by atoms with van der Waals surface area (Å²) in [5, 5.41) is 18.3. The Morgan fingerprint density at radius 3 is 2.40 bits per heavy atom. The van der Waals surface area contributed by atoms with Crippen molar-refractivity contribution in [1.29, 1.82) is 0 Å². The van der Waals surface area contributed by atoms with Gasteiger partial charge in [-0.2, -0.15) is 20.1 Å². The van der Waals surface area contributed by atoms with Gasteiger partial charge in [0, 0.05) is 48.5 Å². The van der Waals surface area contributed by atoms with E-state index in [0.29, 0.717) is 17.6 Å². The van der Waals surface area contributed by atoms with Crippen molar-refractivity contribution >= 4 is 57.4 Å². The largest absolute Gasteiger partial charge is 0.338 e. The number of halogens is 1. The van der Waals surface area contributed by atoms with Crippen LogP contribution in [0.25, 0.3) is 6.08 Å². The number of likely N-dealkylation sites (N-methyl/N-ethyl adjacent to an activating group) is 1. The minimum absolute atomic E-state index is 0.00940. The predicted molar refractivity (Wildman–Crippen MR) is 141 cm³/mol. The van der Waals surface area contributed by atoms with Crippen LogP contribution in [0.5, 0.6) is 0 Å². The van der Waals surface area contributed by atoms with E-state index in [9.17, 15) is 10.1 Å². The van der Waals surface area contributed by atoms with E-state index in [4.69, 9.17) is 0 Å². The fourth-order valence-corrected chi connectivity index (χ4v) is 3.68. The van der Waals surface area contributed by atoms with Gasteiger partial charge >= 0.3 is 0 Å². The highest BCUT2D eigenvalue weighted by Gasteiger charge is 2.19. The third kappa shape index (κ3) is 7.04. The SMILES string of the molecule is CN1CCN(c2nc(NN=CC(Br)=Cc3ccccc3)nc(Nc3ccc([N+](=O)[O-])cc3)n2)CC1. The zero-order valence-corrected chi connectivity index (χ0v) is 20.6. The minimum Gasteiger partial charge on any atom is -0.338 e. The Kier molecular flexibility index (Phi) is 7.95. The Morgan fingerprint density at radius 2 is 1.71 bits per heavy atom. The maximum absolute atomic E-state index is 10.9. The molecule has 1 aliphatic rings. The van der Waals surface area contributed by atoms with Gasteiger partial charge in [0.1, 0.15) is 0 Å². The average Bonchev–Trinajstić information content (AvgIpc) is 2.85. The molecular formula is C23H24BrN9O2. The summed E-state index contributed by atoms with van der Waals surface area (Å²) < 4.78 is 0.772. The Morgan fingerprint density at radius 1 is 1.03 bits per heavy atom. The number of anilines is 4. The number of hydrogen-bond donors (Lipinski definition) is 2. The molecule has 180 valence electrons. The van der Waals surface area contributed by atoms with Crippen molar-refractivity contribution in [2.45, 2.75) is 0 Å². The number of hydrazone groups is 1. The Balaban J connectivity index is 1.53. The third-order valence-electron chi connectivity index (χ3n) is 5.20. The third-order valence-corrected chi connectivity index (χ3v) is 5.63. The maximum Gasteiger partial charge on any atom is 0.269 e. The molecule has 4 rings (SSSR count). The van der Waals surface area contributed by atoms with Gasteiger partial charge in [-0.3, -0.25) is 10.1 Å². The monoisotopic (exact) mass is 537 g/mol. The van der Waals surface area contributed by atoms with Crippen LogP contribution < -0.4 is 15.6 Å². The molecule has 35 heavy (non-hydrogen) atoms. The normalized spacial score (nSPS) is 14.8. The molecule has 0 spiro atoms. The van der Waals surface area contributed by atoms with Gasteiger partial charge in [-0.1, -0.05) is 30.3 Å². The van der Waals surface area contributed by atoms with Gasteiger partial charge in [0.15, 0.2) is 0 Å². The van der Waals surface area contributed by atoms with Gasteiger partial charge in [-0.05, 0) is 46.7 Å². The molecule has 0 radical (unpaired) electrons. The summed E-state index contributed by atoms with van der Waals surface area (Å²) in [6.07, 6.45) is 3.56. The van der Waals surface area contributed by atoms with Gasteiger partial charge in [0.2, 0.25) is 17.8 Å². The first-order chi connectivity index (χ1) is 17.0. The first-order valence-electron chi connectivity index (χ1n) is 10.9. The summed E-state index contributed by atoms with van der Waals surface area (Å²) in [7, 11) is 2.08. The zero-order valence-electron chi connectivity index (χ0n) is 19.0. The fraction of sp³-hybridized carbons (Fsp3) is 0.217. The molecule has 1 aromatic heterocycles. The first kappa shape index (κ1) is 24.2. The van der Waals surface area contributed by atoms with Crippen LogP contribution in [0.1, 0.15) is 5.56 Å². The molecule has 2 aromatic carbocycles. The highest BCUT2D eigenvalue weighted by Crippen LogP contribution is 2.21. The van der Waals surface area contributed by atoms with Gasteiger partial charge in [-0.25, -0.2) is 5.43 Å². The lowest BCUT2D eigenvalue weighted by molar-refractivity contribution is -0.384. The van der Waals surface area contributed by atoms with E-state index >= 15 is 0 Å². The second-order valence-electron chi connectivity index (χ2n) is 7.81. The Bertz CT molecular complexity index is 1210. The molecule has 1 aliphatic heterocycles. The van der Waals surface area contributed by atoms with Crippen molar-refractivity contribution < 1.29 is 4.92 Å². The minimum atomic E-state index is -0.442. The van der Waals surface area contributed by atoms with Crippen molar-refractivity contribution in [1.82, 2.24) is 19.9 Å². The first-order valence-corrected chi connectivity index (χ1v) is 11.7. The number of allylic oxidation sites excluding steroid dienone is 1. The van der Waals surface area contributed by atoms with Crippen LogP contribution in [0.4, 0.5) is 29.2 Å².